The Morgan fingerprint density at radius 3 is 2.62 bits per heavy atom. The zero-order valence-corrected chi connectivity index (χ0v) is 14.9. The quantitative estimate of drug-likeness (QED) is 0.809. The monoisotopic (exact) mass is 340 g/mol. The number of hydrogen-bond acceptors (Lipinski definition) is 3. The second-order valence-corrected chi connectivity index (χ2v) is 7.03. The van der Waals surface area contributed by atoms with Gasteiger partial charge in [0.05, 0.1) is 5.56 Å². The van der Waals surface area contributed by atoms with E-state index in [1.54, 1.807) is 11.8 Å². The second kappa shape index (κ2) is 8.36. The van der Waals surface area contributed by atoms with E-state index in [1.165, 1.54) is 31.5 Å². The van der Waals surface area contributed by atoms with Crippen LogP contribution in [0.15, 0.2) is 53.4 Å². The molecule has 1 aliphatic rings. The van der Waals surface area contributed by atoms with Gasteiger partial charge in [0, 0.05) is 18.0 Å². The average Bonchev–Trinajstić information content (AvgIpc) is 3.13. The molecule has 2 aromatic carbocycles. The van der Waals surface area contributed by atoms with Crippen molar-refractivity contribution in [2.24, 2.45) is 0 Å². The number of nitrogens with zero attached hydrogens (tertiary/aromatic N) is 1. The van der Waals surface area contributed by atoms with Gasteiger partial charge in [0.15, 0.2) is 0 Å². The lowest BCUT2D eigenvalue weighted by Gasteiger charge is -2.15. The van der Waals surface area contributed by atoms with E-state index in [0.29, 0.717) is 6.54 Å². The van der Waals surface area contributed by atoms with Gasteiger partial charge in [-0.15, -0.1) is 11.8 Å². The molecule has 4 heteroatoms. The summed E-state index contributed by atoms with van der Waals surface area (Å²) >= 11 is 1.60. The molecular weight excluding hydrogens is 316 g/mol. The minimum absolute atomic E-state index is 0.00936. The summed E-state index contributed by atoms with van der Waals surface area (Å²) < 4.78 is 0. The Morgan fingerprint density at radius 2 is 1.83 bits per heavy atom. The molecule has 0 spiro atoms. The SMILES string of the molecule is CSc1ccccc1C(=O)NCc1cccc(CN2CCCC2)c1. The molecule has 1 saturated heterocycles. The minimum atomic E-state index is -0.00936. The summed E-state index contributed by atoms with van der Waals surface area (Å²) in [4.78, 5) is 15.9. The van der Waals surface area contributed by atoms with Gasteiger partial charge in [0.2, 0.25) is 0 Å². The molecule has 0 aromatic heterocycles. The summed E-state index contributed by atoms with van der Waals surface area (Å²) in [6.07, 6.45) is 4.61. The number of hydrogen-bond donors (Lipinski definition) is 1. The highest BCUT2D eigenvalue weighted by molar-refractivity contribution is 7.98. The van der Waals surface area contributed by atoms with Crippen LogP contribution in [0.4, 0.5) is 0 Å². The summed E-state index contributed by atoms with van der Waals surface area (Å²) in [5.41, 5.74) is 3.23. The maximum atomic E-state index is 12.4. The molecule has 1 N–H and O–H groups in total. The Hall–Kier alpha value is -1.78. The number of nitrogens with one attached hydrogen (secondary N) is 1. The zero-order chi connectivity index (χ0) is 16.8. The fourth-order valence-electron chi connectivity index (χ4n) is 3.15. The van der Waals surface area contributed by atoms with E-state index < -0.39 is 0 Å². The Kier molecular flexibility index (Phi) is 5.94. The van der Waals surface area contributed by atoms with Crippen molar-refractivity contribution in [1.82, 2.24) is 10.2 Å². The fraction of sp³-hybridized carbons (Fsp3) is 0.350. The van der Waals surface area contributed by atoms with Gasteiger partial charge in [0.1, 0.15) is 0 Å². The van der Waals surface area contributed by atoms with Crippen molar-refractivity contribution in [3.05, 3.63) is 65.2 Å². The van der Waals surface area contributed by atoms with Gasteiger partial charge in [-0.1, -0.05) is 36.4 Å². The van der Waals surface area contributed by atoms with Gasteiger partial charge in [0.25, 0.3) is 5.91 Å². The lowest BCUT2D eigenvalue weighted by molar-refractivity contribution is 0.0948. The van der Waals surface area contributed by atoms with E-state index >= 15 is 0 Å². The van der Waals surface area contributed by atoms with Crippen LogP contribution in [-0.4, -0.2) is 30.2 Å². The van der Waals surface area contributed by atoms with Gasteiger partial charge < -0.3 is 5.32 Å². The van der Waals surface area contributed by atoms with E-state index in [0.717, 1.165) is 22.6 Å². The molecule has 2 aromatic rings. The molecule has 0 radical (unpaired) electrons. The van der Waals surface area contributed by atoms with Crippen LogP contribution in [0, 0.1) is 0 Å². The minimum Gasteiger partial charge on any atom is -0.348 e. The third-order valence-electron chi connectivity index (χ3n) is 4.40. The van der Waals surface area contributed by atoms with Gasteiger partial charge in [-0.2, -0.15) is 0 Å². The molecule has 3 rings (SSSR count). The molecule has 0 saturated carbocycles. The molecule has 24 heavy (non-hydrogen) atoms. The largest absolute Gasteiger partial charge is 0.348 e. The third kappa shape index (κ3) is 4.40. The summed E-state index contributed by atoms with van der Waals surface area (Å²) in [6.45, 7) is 3.98. The lowest BCUT2D eigenvalue weighted by atomic mass is 10.1. The third-order valence-corrected chi connectivity index (χ3v) is 5.20. The standard InChI is InChI=1S/C20H24N2OS/c1-24-19-10-3-2-9-18(19)20(23)21-14-16-7-6-8-17(13-16)15-22-11-4-5-12-22/h2-3,6-10,13H,4-5,11-12,14-15H2,1H3,(H,21,23). The van der Waals surface area contributed by atoms with E-state index in [2.05, 4.69) is 34.5 Å². The van der Waals surface area contributed by atoms with Crippen LogP contribution >= 0.6 is 11.8 Å². The van der Waals surface area contributed by atoms with E-state index in [-0.39, 0.29) is 5.91 Å². The van der Waals surface area contributed by atoms with Crippen LogP contribution in [0.3, 0.4) is 0 Å². The van der Waals surface area contributed by atoms with E-state index in [1.807, 2.05) is 30.5 Å². The van der Waals surface area contributed by atoms with Crippen molar-refractivity contribution in [2.75, 3.05) is 19.3 Å². The number of likely N-dealkylation sites (tertiary alicyclic amines) is 1. The van der Waals surface area contributed by atoms with Gasteiger partial charge in [-0.25, -0.2) is 0 Å². The highest BCUT2D eigenvalue weighted by atomic mass is 32.2. The smallest absolute Gasteiger partial charge is 0.252 e. The molecule has 126 valence electrons. The van der Waals surface area contributed by atoms with Gasteiger partial charge in [-0.3, -0.25) is 9.69 Å². The molecule has 0 aliphatic carbocycles. The first kappa shape index (κ1) is 17.1. The Morgan fingerprint density at radius 1 is 1.08 bits per heavy atom. The fourth-order valence-corrected chi connectivity index (χ4v) is 3.74. The molecule has 1 heterocycles. The number of benzene rings is 2. The Balaban J connectivity index is 1.60. The van der Waals surface area contributed by atoms with Crippen molar-refractivity contribution in [2.45, 2.75) is 30.8 Å². The van der Waals surface area contributed by atoms with Crippen LogP contribution < -0.4 is 5.32 Å². The van der Waals surface area contributed by atoms with Crippen molar-refractivity contribution in [3.8, 4) is 0 Å². The number of rotatable bonds is 6. The highest BCUT2D eigenvalue weighted by Crippen LogP contribution is 2.20. The van der Waals surface area contributed by atoms with Crippen molar-refractivity contribution >= 4 is 17.7 Å². The Bertz CT molecular complexity index is 696. The summed E-state index contributed by atoms with van der Waals surface area (Å²) in [5.74, 6) is -0.00936. The summed E-state index contributed by atoms with van der Waals surface area (Å²) in [6, 6.07) is 16.3. The molecular formula is C20H24N2OS. The zero-order valence-electron chi connectivity index (χ0n) is 14.1. The number of carbonyl (C=O) groups is 1. The topological polar surface area (TPSA) is 32.3 Å². The number of carbonyl (C=O) groups excluding carboxylic acids is 1. The maximum Gasteiger partial charge on any atom is 0.252 e. The lowest BCUT2D eigenvalue weighted by Crippen LogP contribution is -2.23. The normalized spacial score (nSPS) is 14.7. The van der Waals surface area contributed by atoms with Crippen LogP contribution in [-0.2, 0) is 13.1 Å². The molecule has 0 unspecified atom stereocenters. The Labute approximate surface area is 148 Å². The molecule has 0 atom stereocenters. The van der Waals surface area contributed by atoms with Gasteiger partial charge in [-0.05, 0) is 55.4 Å². The highest BCUT2D eigenvalue weighted by Gasteiger charge is 2.12. The molecule has 3 nitrogen and oxygen atoms in total. The average molecular weight is 340 g/mol. The van der Waals surface area contributed by atoms with Crippen molar-refractivity contribution < 1.29 is 4.79 Å². The van der Waals surface area contributed by atoms with Crippen LogP contribution in [0.1, 0.15) is 34.3 Å². The van der Waals surface area contributed by atoms with Crippen molar-refractivity contribution in [1.29, 1.82) is 0 Å². The summed E-state index contributed by atoms with van der Waals surface area (Å²) in [5, 5.41) is 3.04. The molecule has 1 aliphatic heterocycles. The molecule has 1 amide bonds. The summed E-state index contributed by atoms with van der Waals surface area (Å²) in [7, 11) is 0. The van der Waals surface area contributed by atoms with Crippen LogP contribution in [0.25, 0.3) is 0 Å². The van der Waals surface area contributed by atoms with Crippen molar-refractivity contribution in [3.63, 3.8) is 0 Å². The van der Waals surface area contributed by atoms with Crippen LogP contribution in [0.5, 0.6) is 0 Å². The first-order valence-electron chi connectivity index (χ1n) is 8.47. The first-order chi connectivity index (χ1) is 11.8. The first-order valence-corrected chi connectivity index (χ1v) is 9.70. The number of amides is 1. The van der Waals surface area contributed by atoms with Gasteiger partial charge >= 0.3 is 0 Å². The second-order valence-electron chi connectivity index (χ2n) is 6.19. The van der Waals surface area contributed by atoms with E-state index in [4.69, 9.17) is 0 Å². The maximum absolute atomic E-state index is 12.4. The van der Waals surface area contributed by atoms with E-state index in [9.17, 15) is 4.79 Å². The molecule has 1 fully saturated rings. The number of thioether (sulfide) groups is 1. The predicted octanol–water partition coefficient (Wildman–Crippen LogP) is 3.93. The predicted molar refractivity (Wildman–Crippen MR) is 100 cm³/mol. The van der Waals surface area contributed by atoms with Crippen LogP contribution in [0.2, 0.25) is 0 Å². The molecule has 0 bridgehead atoms.